The SMILES string of the molecule is CCOc1ccccc1NC(=O)C1CCCN1S(=O)(=O)c1cc(C(=O)OC)n(C)c1. The van der Waals surface area contributed by atoms with Gasteiger partial charge in [-0.3, -0.25) is 4.79 Å². The van der Waals surface area contributed by atoms with E-state index >= 15 is 0 Å². The summed E-state index contributed by atoms with van der Waals surface area (Å²) < 4.78 is 39.2. The zero-order chi connectivity index (χ0) is 21.9. The summed E-state index contributed by atoms with van der Waals surface area (Å²) in [5.41, 5.74) is 0.600. The van der Waals surface area contributed by atoms with Crippen molar-refractivity contribution >= 4 is 27.6 Å². The van der Waals surface area contributed by atoms with E-state index in [1.807, 2.05) is 6.92 Å². The van der Waals surface area contributed by atoms with Crippen molar-refractivity contribution in [1.29, 1.82) is 0 Å². The van der Waals surface area contributed by atoms with Crippen molar-refractivity contribution in [3.63, 3.8) is 0 Å². The van der Waals surface area contributed by atoms with Crippen molar-refractivity contribution in [2.75, 3.05) is 25.6 Å². The van der Waals surface area contributed by atoms with E-state index in [4.69, 9.17) is 4.74 Å². The zero-order valence-electron chi connectivity index (χ0n) is 17.1. The second-order valence-corrected chi connectivity index (χ2v) is 8.75. The van der Waals surface area contributed by atoms with Gasteiger partial charge in [-0.2, -0.15) is 4.31 Å². The summed E-state index contributed by atoms with van der Waals surface area (Å²) >= 11 is 0. The van der Waals surface area contributed by atoms with Crippen LogP contribution in [-0.2, 0) is 26.6 Å². The Kier molecular flexibility index (Phi) is 6.47. The maximum atomic E-state index is 13.2. The van der Waals surface area contributed by atoms with Gasteiger partial charge in [-0.05, 0) is 38.0 Å². The largest absolute Gasteiger partial charge is 0.492 e. The van der Waals surface area contributed by atoms with Crippen LogP contribution in [0, 0.1) is 0 Å². The molecule has 1 N–H and O–H groups in total. The predicted molar refractivity (Wildman–Crippen MR) is 110 cm³/mol. The highest BCUT2D eigenvalue weighted by molar-refractivity contribution is 7.89. The second kappa shape index (κ2) is 8.88. The highest BCUT2D eigenvalue weighted by Gasteiger charge is 2.40. The van der Waals surface area contributed by atoms with Crippen LogP contribution in [0.1, 0.15) is 30.3 Å². The van der Waals surface area contributed by atoms with Gasteiger partial charge in [0.2, 0.25) is 15.9 Å². The minimum absolute atomic E-state index is 0.0557. The van der Waals surface area contributed by atoms with Crippen LogP contribution in [0.3, 0.4) is 0 Å². The lowest BCUT2D eigenvalue weighted by molar-refractivity contribution is -0.119. The molecule has 0 bridgehead atoms. The van der Waals surface area contributed by atoms with Gasteiger partial charge in [0.1, 0.15) is 22.4 Å². The summed E-state index contributed by atoms with van der Waals surface area (Å²) in [6.45, 7) is 2.50. The molecule has 1 saturated heterocycles. The van der Waals surface area contributed by atoms with E-state index in [0.717, 1.165) is 0 Å². The molecule has 30 heavy (non-hydrogen) atoms. The highest BCUT2D eigenvalue weighted by Crippen LogP contribution is 2.30. The molecule has 0 radical (unpaired) electrons. The quantitative estimate of drug-likeness (QED) is 0.667. The van der Waals surface area contributed by atoms with Crippen LogP contribution in [0.5, 0.6) is 5.75 Å². The van der Waals surface area contributed by atoms with Gasteiger partial charge in [-0.1, -0.05) is 12.1 Å². The van der Waals surface area contributed by atoms with Crippen LogP contribution in [0.4, 0.5) is 5.69 Å². The van der Waals surface area contributed by atoms with Crippen molar-refractivity contribution in [1.82, 2.24) is 8.87 Å². The summed E-state index contributed by atoms with van der Waals surface area (Å²) in [4.78, 5) is 24.7. The van der Waals surface area contributed by atoms with Crippen molar-refractivity contribution in [2.45, 2.75) is 30.7 Å². The number of anilines is 1. The Morgan fingerprint density at radius 2 is 2.00 bits per heavy atom. The molecular weight excluding hydrogens is 410 g/mol. The fraction of sp³-hybridized carbons (Fsp3) is 0.400. The zero-order valence-corrected chi connectivity index (χ0v) is 17.9. The summed E-state index contributed by atoms with van der Waals surface area (Å²) in [7, 11) is -1.19. The van der Waals surface area contributed by atoms with Crippen LogP contribution in [0.2, 0.25) is 0 Å². The van der Waals surface area contributed by atoms with Crippen LogP contribution < -0.4 is 10.1 Å². The number of aryl methyl sites for hydroxylation is 1. The van der Waals surface area contributed by atoms with Gasteiger partial charge in [0, 0.05) is 19.8 Å². The number of esters is 1. The Bertz CT molecular complexity index is 1050. The topological polar surface area (TPSA) is 107 Å². The number of para-hydroxylation sites is 2. The molecule has 2 aromatic rings. The first-order chi connectivity index (χ1) is 14.3. The number of nitrogens with zero attached hydrogens (tertiary/aromatic N) is 2. The molecule has 1 aromatic carbocycles. The van der Waals surface area contributed by atoms with E-state index in [2.05, 4.69) is 10.1 Å². The molecule has 162 valence electrons. The van der Waals surface area contributed by atoms with Gasteiger partial charge in [-0.15, -0.1) is 0 Å². The maximum Gasteiger partial charge on any atom is 0.354 e. The summed E-state index contributed by atoms with van der Waals surface area (Å²) in [5, 5.41) is 2.79. The number of ether oxygens (including phenoxy) is 2. The third kappa shape index (κ3) is 4.19. The third-order valence-corrected chi connectivity index (χ3v) is 6.81. The first-order valence-corrected chi connectivity index (χ1v) is 11.0. The van der Waals surface area contributed by atoms with Crippen LogP contribution in [-0.4, -0.2) is 55.5 Å². The first kappa shape index (κ1) is 21.8. The standard InChI is InChI=1S/C20H25N3O6S/c1-4-29-18-10-6-5-8-15(18)21-19(24)16-9-7-11-23(16)30(26,27)14-12-17(20(25)28-3)22(2)13-14/h5-6,8,10,12-13,16H,4,7,9,11H2,1-3H3,(H,21,24). The lowest BCUT2D eigenvalue weighted by Crippen LogP contribution is -2.43. The second-order valence-electron chi connectivity index (χ2n) is 6.86. The number of aromatic nitrogens is 1. The molecule has 1 unspecified atom stereocenters. The molecule has 0 spiro atoms. The Hall–Kier alpha value is -2.85. The van der Waals surface area contributed by atoms with E-state index in [1.54, 1.807) is 31.3 Å². The molecule has 1 atom stereocenters. The number of hydrogen-bond acceptors (Lipinski definition) is 6. The number of methoxy groups -OCH3 is 1. The van der Waals surface area contributed by atoms with Crippen molar-refractivity contribution in [3.05, 3.63) is 42.2 Å². The van der Waals surface area contributed by atoms with Gasteiger partial charge in [-0.25, -0.2) is 13.2 Å². The minimum Gasteiger partial charge on any atom is -0.492 e. The van der Waals surface area contributed by atoms with E-state index < -0.39 is 27.9 Å². The Morgan fingerprint density at radius 3 is 2.70 bits per heavy atom. The monoisotopic (exact) mass is 435 g/mol. The molecule has 3 rings (SSSR count). The molecule has 10 heteroatoms. The molecule has 1 aromatic heterocycles. The van der Waals surface area contributed by atoms with Crippen LogP contribution >= 0.6 is 0 Å². The molecule has 1 amide bonds. The van der Waals surface area contributed by atoms with Crippen molar-refractivity contribution in [3.8, 4) is 5.75 Å². The minimum atomic E-state index is -3.98. The molecule has 2 heterocycles. The third-order valence-electron chi connectivity index (χ3n) is 4.93. The summed E-state index contributed by atoms with van der Waals surface area (Å²) in [6, 6.07) is 7.41. The molecule has 1 aliphatic rings. The smallest absolute Gasteiger partial charge is 0.354 e. The number of sulfonamides is 1. The lowest BCUT2D eigenvalue weighted by Gasteiger charge is -2.23. The van der Waals surface area contributed by atoms with Gasteiger partial charge < -0.3 is 19.4 Å². The average molecular weight is 436 g/mol. The molecule has 1 fully saturated rings. The number of hydrogen-bond donors (Lipinski definition) is 1. The van der Waals surface area contributed by atoms with Crippen LogP contribution in [0.15, 0.2) is 41.4 Å². The van der Waals surface area contributed by atoms with Gasteiger partial charge in [0.05, 0.1) is 19.4 Å². The number of carbonyl (C=O) groups excluding carboxylic acids is 2. The highest BCUT2D eigenvalue weighted by atomic mass is 32.2. The number of nitrogens with one attached hydrogen (secondary N) is 1. The molecular formula is C20H25N3O6S. The van der Waals surface area contributed by atoms with Crippen LogP contribution in [0.25, 0.3) is 0 Å². The molecule has 0 aliphatic carbocycles. The van der Waals surface area contributed by atoms with E-state index in [-0.39, 0.29) is 17.1 Å². The van der Waals surface area contributed by atoms with Crippen molar-refractivity contribution < 1.29 is 27.5 Å². The van der Waals surface area contributed by atoms with Crippen molar-refractivity contribution in [2.24, 2.45) is 7.05 Å². The predicted octanol–water partition coefficient (Wildman–Crippen LogP) is 2.00. The molecule has 1 aliphatic heterocycles. The van der Waals surface area contributed by atoms with E-state index in [1.165, 1.54) is 28.2 Å². The van der Waals surface area contributed by atoms with E-state index in [0.29, 0.717) is 30.9 Å². The Balaban J connectivity index is 1.85. The number of amides is 1. The average Bonchev–Trinajstić information content (AvgIpc) is 3.37. The number of benzene rings is 1. The summed E-state index contributed by atoms with van der Waals surface area (Å²) in [5.74, 6) is -0.541. The normalized spacial score (nSPS) is 17.0. The maximum absolute atomic E-state index is 13.2. The van der Waals surface area contributed by atoms with Gasteiger partial charge in [0.25, 0.3) is 0 Å². The fourth-order valence-electron chi connectivity index (χ4n) is 3.48. The number of carbonyl (C=O) groups is 2. The Labute approximate surface area is 175 Å². The van der Waals surface area contributed by atoms with Gasteiger partial charge >= 0.3 is 5.97 Å². The summed E-state index contributed by atoms with van der Waals surface area (Å²) in [6.07, 6.45) is 2.30. The van der Waals surface area contributed by atoms with Gasteiger partial charge in [0.15, 0.2) is 0 Å². The fourth-order valence-corrected chi connectivity index (χ4v) is 5.20. The lowest BCUT2D eigenvalue weighted by atomic mass is 10.2. The van der Waals surface area contributed by atoms with E-state index in [9.17, 15) is 18.0 Å². The number of rotatable bonds is 7. The molecule has 9 nitrogen and oxygen atoms in total. The Morgan fingerprint density at radius 1 is 1.27 bits per heavy atom. The first-order valence-electron chi connectivity index (χ1n) is 9.58. The molecule has 0 saturated carbocycles.